The zero-order valence-corrected chi connectivity index (χ0v) is 18.4. The summed E-state index contributed by atoms with van der Waals surface area (Å²) in [6.07, 6.45) is 2.01. The monoisotopic (exact) mass is 464 g/mol. The molecule has 0 saturated carbocycles. The lowest BCUT2D eigenvalue weighted by Gasteiger charge is -2.10. The molecule has 0 saturated heterocycles. The van der Waals surface area contributed by atoms with E-state index in [4.69, 9.17) is 13.9 Å². The second-order valence-electron chi connectivity index (χ2n) is 7.46. The van der Waals surface area contributed by atoms with Crippen LogP contribution in [0.4, 0.5) is 14.5 Å². The molecule has 0 unspecified atom stereocenters. The van der Waals surface area contributed by atoms with Gasteiger partial charge in [0.1, 0.15) is 18.2 Å². The molecule has 0 radical (unpaired) electrons. The molecule has 8 heteroatoms. The first-order chi connectivity index (χ1) is 16.5. The van der Waals surface area contributed by atoms with Crippen LogP contribution in [-0.2, 0) is 17.8 Å². The average molecular weight is 464 g/mol. The fourth-order valence-corrected chi connectivity index (χ4v) is 3.24. The lowest BCUT2D eigenvalue weighted by molar-refractivity contribution is -0.116. The van der Waals surface area contributed by atoms with E-state index in [1.165, 1.54) is 30.3 Å². The van der Waals surface area contributed by atoms with Gasteiger partial charge in [0, 0.05) is 30.2 Å². The van der Waals surface area contributed by atoms with Crippen LogP contribution in [0, 0.1) is 11.6 Å². The number of aromatic nitrogens is 1. The van der Waals surface area contributed by atoms with E-state index >= 15 is 0 Å². The Morgan fingerprint density at radius 2 is 1.88 bits per heavy atom. The van der Waals surface area contributed by atoms with Gasteiger partial charge in [-0.1, -0.05) is 12.1 Å². The fraction of sp³-hybridized carbons (Fsp3) is 0.154. The Balaban J connectivity index is 1.28. The van der Waals surface area contributed by atoms with Crippen LogP contribution in [0.15, 0.2) is 77.3 Å². The standard InChI is InChI=1S/C26H22F2N2O4/c1-32-21-8-5-18(6-9-21)24-15-29-26(34-24)12-11-25(31)30-20-7-10-23(22(28)14-20)33-16-17-3-2-4-19(27)13-17/h2-10,13-15H,11-12,16H2,1H3,(H,30,31). The molecule has 0 aliphatic carbocycles. The van der Waals surface area contributed by atoms with E-state index in [0.717, 1.165) is 11.3 Å². The van der Waals surface area contributed by atoms with E-state index in [2.05, 4.69) is 10.3 Å². The van der Waals surface area contributed by atoms with E-state index in [0.29, 0.717) is 29.3 Å². The summed E-state index contributed by atoms with van der Waals surface area (Å²) in [5, 5.41) is 2.65. The van der Waals surface area contributed by atoms with Gasteiger partial charge in [-0.15, -0.1) is 0 Å². The average Bonchev–Trinajstić information content (AvgIpc) is 3.31. The number of carbonyl (C=O) groups excluding carboxylic acids is 1. The van der Waals surface area contributed by atoms with Crippen LogP contribution in [0.1, 0.15) is 17.9 Å². The summed E-state index contributed by atoms with van der Waals surface area (Å²) in [6.45, 7) is 0.0229. The van der Waals surface area contributed by atoms with E-state index in [1.54, 1.807) is 25.4 Å². The van der Waals surface area contributed by atoms with Gasteiger partial charge < -0.3 is 19.2 Å². The third kappa shape index (κ3) is 5.98. The zero-order valence-electron chi connectivity index (χ0n) is 18.4. The summed E-state index contributed by atoms with van der Waals surface area (Å²) in [6, 6.07) is 17.4. The number of amides is 1. The minimum atomic E-state index is -0.633. The predicted molar refractivity (Wildman–Crippen MR) is 123 cm³/mol. The van der Waals surface area contributed by atoms with Crippen molar-refractivity contribution in [2.45, 2.75) is 19.4 Å². The number of oxazole rings is 1. The number of anilines is 1. The minimum Gasteiger partial charge on any atom is -0.497 e. The number of carbonyl (C=O) groups is 1. The van der Waals surface area contributed by atoms with Crippen molar-refractivity contribution in [3.05, 3.63) is 96.0 Å². The molecule has 6 nitrogen and oxygen atoms in total. The second kappa shape index (κ2) is 10.6. The molecule has 174 valence electrons. The van der Waals surface area contributed by atoms with Gasteiger partial charge in [-0.3, -0.25) is 4.79 Å². The Kier molecular flexibility index (Phi) is 7.17. The second-order valence-corrected chi connectivity index (χ2v) is 7.46. The number of nitrogens with one attached hydrogen (secondary N) is 1. The molecule has 34 heavy (non-hydrogen) atoms. The molecule has 0 fully saturated rings. The topological polar surface area (TPSA) is 73.6 Å². The molecule has 1 N–H and O–H groups in total. The van der Waals surface area contributed by atoms with Crippen molar-refractivity contribution >= 4 is 11.6 Å². The molecular weight excluding hydrogens is 442 g/mol. The van der Waals surface area contributed by atoms with E-state index < -0.39 is 5.82 Å². The van der Waals surface area contributed by atoms with Crippen molar-refractivity contribution < 1.29 is 27.5 Å². The molecular formula is C26H22F2N2O4. The first-order valence-electron chi connectivity index (χ1n) is 10.6. The first kappa shape index (κ1) is 23.0. The normalized spacial score (nSPS) is 10.7. The molecule has 0 bridgehead atoms. The van der Waals surface area contributed by atoms with Crippen LogP contribution in [0.25, 0.3) is 11.3 Å². The van der Waals surface area contributed by atoms with Crippen LogP contribution < -0.4 is 14.8 Å². The maximum atomic E-state index is 14.4. The summed E-state index contributed by atoms with van der Waals surface area (Å²) in [5.41, 5.74) is 1.73. The Hall–Kier alpha value is -4.20. The number of nitrogens with zero attached hydrogens (tertiary/aromatic N) is 1. The first-order valence-corrected chi connectivity index (χ1v) is 10.6. The SMILES string of the molecule is COc1ccc(-c2cnc(CCC(=O)Nc3ccc(OCc4cccc(F)c4)c(F)c3)o2)cc1. The summed E-state index contributed by atoms with van der Waals surface area (Å²) in [4.78, 5) is 16.5. The molecule has 1 aromatic heterocycles. The van der Waals surface area contributed by atoms with Gasteiger partial charge in [-0.05, 0) is 54.1 Å². The zero-order chi connectivity index (χ0) is 23.9. The maximum absolute atomic E-state index is 14.4. The molecule has 0 aliphatic rings. The van der Waals surface area contributed by atoms with Gasteiger partial charge in [0.05, 0.1) is 13.3 Å². The molecule has 4 aromatic rings. The third-order valence-corrected chi connectivity index (χ3v) is 4.99. The van der Waals surface area contributed by atoms with E-state index in [1.807, 2.05) is 24.3 Å². The lowest BCUT2D eigenvalue weighted by atomic mass is 10.2. The highest BCUT2D eigenvalue weighted by molar-refractivity contribution is 5.90. The molecule has 1 heterocycles. The highest BCUT2D eigenvalue weighted by Crippen LogP contribution is 2.24. The number of rotatable bonds is 9. The number of hydrogen-bond donors (Lipinski definition) is 1. The van der Waals surface area contributed by atoms with E-state index in [-0.39, 0.29) is 30.5 Å². The van der Waals surface area contributed by atoms with Crippen molar-refractivity contribution in [2.24, 2.45) is 0 Å². The summed E-state index contributed by atoms with van der Waals surface area (Å²) < 4.78 is 43.9. The number of aryl methyl sites for hydroxylation is 1. The Bertz CT molecular complexity index is 1270. The number of ether oxygens (including phenoxy) is 2. The van der Waals surface area contributed by atoms with Crippen LogP contribution in [0.5, 0.6) is 11.5 Å². The van der Waals surface area contributed by atoms with Gasteiger partial charge in [0.25, 0.3) is 0 Å². The van der Waals surface area contributed by atoms with Crippen LogP contribution in [0.2, 0.25) is 0 Å². The molecule has 0 aliphatic heterocycles. The van der Waals surface area contributed by atoms with E-state index in [9.17, 15) is 13.6 Å². The summed E-state index contributed by atoms with van der Waals surface area (Å²) in [5.74, 6) is 0.433. The quantitative estimate of drug-likeness (QED) is 0.340. The van der Waals surface area contributed by atoms with Gasteiger partial charge in [0.15, 0.2) is 23.2 Å². The van der Waals surface area contributed by atoms with Gasteiger partial charge in [-0.25, -0.2) is 13.8 Å². The lowest BCUT2D eigenvalue weighted by Crippen LogP contribution is -2.12. The van der Waals surface area contributed by atoms with Crippen molar-refractivity contribution in [3.8, 4) is 22.8 Å². The molecule has 3 aromatic carbocycles. The number of methoxy groups -OCH3 is 1. The molecule has 0 spiro atoms. The van der Waals surface area contributed by atoms with Crippen molar-refractivity contribution in [3.63, 3.8) is 0 Å². The smallest absolute Gasteiger partial charge is 0.224 e. The molecule has 1 amide bonds. The number of halogens is 2. The Morgan fingerprint density at radius 1 is 1.06 bits per heavy atom. The summed E-state index contributed by atoms with van der Waals surface area (Å²) in [7, 11) is 1.60. The highest BCUT2D eigenvalue weighted by Gasteiger charge is 2.11. The fourth-order valence-electron chi connectivity index (χ4n) is 3.24. The molecule has 0 atom stereocenters. The third-order valence-electron chi connectivity index (χ3n) is 4.99. The van der Waals surface area contributed by atoms with Crippen molar-refractivity contribution in [2.75, 3.05) is 12.4 Å². The van der Waals surface area contributed by atoms with Crippen LogP contribution >= 0.6 is 0 Å². The Labute approximate surface area is 195 Å². The maximum Gasteiger partial charge on any atom is 0.224 e. The predicted octanol–water partition coefficient (Wildman–Crippen LogP) is 5.78. The summed E-state index contributed by atoms with van der Waals surface area (Å²) >= 11 is 0. The van der Waals surface area contributed by atoms with Crippen LogP contribution in [-0.4, -0.2) is 18.0 Å². The van der Waals surface area contributed by atoms with Crippen molar-refractivity contribution in [1.82, 2.24) is 4.98 Å². The highest BCUT2D eigenvalue weighted by atomic mass is 19.1. The number of hydrogen-bond acceptors (Lipinski definition) is 5. The van der Waals surface area contributed by atoms with Crippen LogP contribution in [0.3, 0.4) is 0 Å². The largest absolute Gasteiger partial charge is 0.497 e. The minimum absolute atomic E-state index is 0.00751. The molecule has 4 rings (SSSR count). The van der Waals surface area contributed by atoms with Gasteiger partial charge in [0.2, 0.25) is 5.91 Å². The Morgan fingerprint density at radius 3 is 2.62 bits per heavy atom. The van der Waals surface area contributed by atoms with Gasteiger partial charge >= 0.3 is 0 Å². The van der Waals surface area contributed by atoms with Gasteiger partial charge in [-0.2, -0.15) is 0 Å². The van der Waals surface area contributed by atoms with Crippen molar-refractivity contribution in [1.29, 1.82) is 0 Å². The number of benzene rings is 3.